The summed E-state index contributed by atoms with van der Waals surface area (Å²) in [6, 6.07) is 11.9. The minimum Gasteiger partial charge on any atom is -0.407 e. The van der Waals surface area contributed by atoms with Crippen molar-refractivity contribution in [3.63, 3.8) is 0 Å². The van der Waals surface area contributed by atoms with Gasteiger partial charge in [-0.3, -0.25) is 0 Å². The topological polar surface area (TPSA) is 9.23 Å². The average molecular weight is 235 g/mol. The predicted molar refractivity (Wildman–Crippen MR) is 72.4 cm³/mol. The third kappa shape index (κ3) is 4.95. The predicted octanol–water partition coefficient (Wildman–Crippen LogP) is 3.50. The number of hydrogen-bond acceptors (Lipinski definition) is 1. The fourth-order valence-corrected chi connectivity index (χ4v) is 4.07. The SMILES string of the molecule is CCCC[Si](OC(C)(C)C)c1ccccc1. The van der Waals surface area contributed by atoms with Crippen molar-refractivity contribution in [3.05, 3.63) is 30.3 Å². The van der Waals surface area contributed by atoms with Crippen molar-refractivity contribution in [2.24, 2.45) is 0 Å². The molecule has 1 nitrogen and oxygen atoms in total. The second-order valence-electron chi connectivity index (χ2n) is 5.11. The fraction of sp³-hybridized carbons (Fsp3) is 0.571. The highest BCUT2D eigenvalue weighted by Crippen LogP contribution is 2.13. The first kappa shape index (κ1) is 13.5. The molecular weight excluding hydrogens is 212 g/mol. The Morgan fingerprint density at radius 2 is 1.75 bits per heavy atom. The van der Waals surface area contributed by atoms with Gasteiger partial charge in [0.2, 0.25) is 9.04 Å². The first-order valence-corrected chi connectivity index (χ1v) is 7.74. The molecule has 16 heavy (non-hydrogen) atoms. The van der Waals surface area contributed by atoms with Crippen LogP contribution in [-0.2, 0) is 4.43 Å². The van der Waals surface area contributed by atoms with Gasteiger partial charge in [-0.2, -0.15) is 0 Å². The molecule has 0 bridgehead atoms. The quantitative estimate of drug-likeness (QED) is 0.710. The van der Waals surface area contributed by atoms with Crippen molar-refractivity contribution in [1.29, 1.82) is 0 Å². The van der Waals surface area contributed by atoms with Crippen LogP contribution in [0.2, 0.25) is 6.04 Å². The van der Waals surface area contributed by atoms with Crippen LogP contribution in [-0.4, -0.2) is 14.6 Å². The average Bonchev–Trinajstić information content (AvgIpc) is 2.24. The smallest absolute Gasteiger partial charge is 0.247 e. The van der Waals surface area contributed by atoms with Crippen LogP contribution in [0.25, 0.3) is 0 Å². The van der Waals surface area contributed by atoms with Gasteiger partial charge in [0.25, 0.3) is 0 Å². The minimum atomic E-state index is -0.842. The van der Waals surface area contributed by atoms with Crippen LogP contribution in [0.4, 0.5) is 0 Å². The molecule has 0 amide bonds. The van der Waals surface area contributed by atoms with Crippen molar-refractivity contribution in [1.82, 2.24) is 0 Å². The van der Waals surface area contributed by atoms with Gasteiger partial charge >= 0.3 is 0 Å². The first-order chi connectivity index (χ1) is 7.53. The van der Waals surface area contributed by atoms with Crippen molar-refractivity contribution in [2.45, 2.75) is 52.2 Å². The van der Waals surface area contributed by atoms with E-state index in [2.05, 4.69) is 58.0 Å². The Kier molecular flexibility index (Phi) is 5.23. The molecule has 0 aliphatic heterocycles. The second kappa shape index (κ2) is 6.21. The Morgan fingerprint density at radius 3 is 2.25 bits per heavy atom. The first-order valence-electron chi connectivity index (χ1n) is 6.13. The van der Waals surface area contributed by atoms with E-state index in [1.807, 2.05) is 0 Å². The molecule has 0 saturated carbocycles. The summed E-state index contributed by atoms with van der Waals surface area (Å²) in [5.41, 5.74) is -0.0299. The highest BCUT2D eigenvalue weighted by atomic mass is 28.3. The molecule has 0 unspecified atom stereocenters. The van der Waals surface area contributed by atoms with E-state index in [1.165, 1.54) is 24.1 Å². The normalized spacial score (nSPS) is 12.1. The van der Waals surface area contributed by atoms with Gasteiger partial charge in [-0.15, -0.1) is 0 Å². The number of rotatable bonds is 5. The maximum Gasteiger partial charge on any atom is 0.247 e. The zero-order valence-corrected chi connectivity index (χ0v) is 11.9. The lowest BCUT2D eigenvalue weighted by Crippen LogP contribution is -2.39. The summed E-state index contributed by atoms with van der Waals surface area (Å²) in [5, 5.41) is 1.40. The van der Waals surface area contributed by atoms with Crippen molar-refractivity contribution >= 4 is 14.2 Å². The molecule has 0 atom stereocenters. The lowest BCUT2D eigenvalue weighted by Gasteiger charge is -2.26. The zero-order chi connectivity index (χ0) is 12.0. The van der Waals surface area contributed by atoms with Crippen LogP contribution in [0.15, 0.2) is 30.3 Å². The highest BCUT2D eigenvalue weighted by molar-refractivity contribution is 6.67. The third-order valence-corrected chi connectivity index (χ3v) is 4.93. The van der Waals surface area contributed by atoms with Gasteiger partial charge in [0.05, 0.1) is 0 Å². The van der Waals surface area contributed by atoms with Crippen LogP contribution in [0.1, 0.15) is 40.5 Å². The van der Waals surface area contributed by atoms with Gasteiger partial charge in [-0.25, -0.2) is 0 Å². The molecule has 1 radical (unpaired) electrons. The van der Waals surface area contributed by atoms with Crippen LogP contribution in [0, 0.1) is 0 Å². The monoisotopic (exact) mass is 235 g/mol. The number of benzene rings is 1. The van der Waals surface area contributed by atoms with Gasteiger partial charge < -0.3 is 4.43 Å². The fourth-order valence-electron chi connectivity index (χ4n) is 1.59. The summed E-state index contributed by atoms with van der Waals surface area (Å²) in [7, 11) is -0.842. The number of unbranched alkanes of at least 4 members (excludes halogenated alkanes) is 1. The van der Waals surface area contributed by atoms with Crippen LogP contribution < -0.4 is 5.19 Å². The van der Waals surface area contributed by atoms with E-state index in [-0.39, 0.29) is 5.60 Å². The van der Waals surface area contributed by atoms with E-state index in [1.54, 1.807) is 0 Å². The van der Waals surface area contributed by atoms with E-state index < -0.39 is 9.04 Å². The molecule has 0 fully saturated rings. The highest BCUT2D eigenvalue weighted by Gasteiger charge is 2.22. The molecule has 0 aliphatic carbocycles. The maximum atomic E-state index is 6.23. The Balaban J connectivity index is 2.71. The number of hydrogen-bond donors (Lipinski definition) is 0. The zero-order valence-electron chi connectivity index (χ0n) is 10.9. The lowest BCUT2D eigenvalue weighted by atomic mass is 10.2. The van der Waals surface area contributed by atoms with Crippen LogP contribution in [0.5, 0.6) is 0 Å². The van der Waals surface area contributed by atoms with Crippen molar-refractivity contribution in [2.75, 3.05) is 0 Å². The molecule has 0 saturated heterocycles. The molecule has 89 valence electrons. The standard InChI is InChI=1S/C14H23OSi/c1-5-6-12-16(15-14(2,3)4)13-10-8-7-9-11-13/h7-11H,5-6,12H2,1-4H3. The Morgan fingerprint density at radius 1 is 1.12 bits per heavy atom. The summed E-state index contributed by atoms with van der Waals surface area (Å²) < 4.78 is 6.23. The third-order valence-electron chi connectivity index (χ3n) is 2.28. The molecule has 0 heterocycles. The van der Waals surface area contributed by atoms with Crippen molar-refractivity contribution < 1.29 is 4.43 Å². The largest absolute Gasteiger partial charge is 0.407 e. The van der Waals surface area contributed by atoms with Gasteiger partial charge in [-0.1, -0.05) is 50.1 Å². The van der Waals surface area contributed by atoms with E-state index in [4.69, 9.17) is 4.43 Å². The molecule has 0 aromatic heterocycles. The van der Waals surface area contributed by atoms with Crippen molar-refractivity contribution in [3.8, 4) is 0 Å². The molecule has 0 spiro atoms. The Hall–Kier alpha value is -0.603. The maximum absolute atomic E-state index is 6.23. The lowest BCUT2D eigenvalue weighted by molar-refractivity contribution is 0.132. The van der Waals surface area contributed by atoms with E-state index in [0.29, 0.717) is 0 Å². The van der Waals surface area contributed by atoms with Gasteiger partial charge in [0.1, 0.15) is 0 Å². The molecule has 0 aliphatic rings. The van der Waals surface area contributed by atoms with Crippen LogP contribution in [0.3, 0.4) is 0 Å². The molecule has 2 heteroatoms. The second-order valence-corrected chi connectivity index (χ2v) is 7.24. The molecular formula is C14H23OSi. The van der Waals surface area contributed by atoms with E-state index >= 15 is 0 Å². The Bertz CT molecular complexity index is 289. The summed E-state index contributed by atoms with van der Waals surface area (Å²) in [4.78, 5) is 0. The minimum absolute atomic E-state index is 0.0299. The molecule has 1 aromatic carbocycles. The Labute approximate surface area is 102 Å². The van der Waals surface area contributed by atoms with E-state index in [9.17, 15) is 0 Å². The van der Waals surface area contributed by atoms with Gasteiger partial charge in [-0.05, 0) is 32.0 Å². The summed E-state index contributed by atoms with van der Waals surface area (Å²) in [6.07, 6.45) is 2.51. The van der Waals surface area contributed by atoms with Gasteiger partial charge in [0, 0.05) is 5.60 Å². The molecule has 0 N–H and O–H groups in total. The summed E-state index contributed by atoms with van der Waals surface area (Å²) in [5.74, 6) is 0. The summed E-state index contributed by atoms with van der Waals surface area (Å²) in [6.45, 7) is 8.67. The van der Waals surface area contributed by atoms with E-state index in [0.717, 1.165) is 0 Å². The van der Waals surface area contributed by atoms with Gasteiger partial charge in [0.15, 0.2) is 0 Å². The molecule has 1 rings (SSSR count). The molecule has 1 aromatic rings. The van der Waals surface area contributed by atoms with Crippen LogP contribution >= 0.6 is 0 Å². The summed E-state index contributed by atoms with van der Waals surface area (Å²) >= 11 is 0.